The Morgan fingerprint density at radius 2 is 2.00 bits per heavy atom. The first-order valence-corrected chi connectivity index (χ1v) is 5.28. The zero-order valence-corrected chi connectivity index (χ0v) is 8.89. The van der Waals surface area contributed by atoms with Crippen molar-refractivity contribution in [1.29, 1.82) is 0 Å². The Hall–Kier alpha value is -1.35. The van der Waals surface area contributed by atoms with Crippen molar-refractivity contribution >= 4 is 5.91 Å². The zero-order chi connectivity index (χ0) is 10.8. The molecule has 1 saturated heterocycles. The van der Waals surface area contributed by atoms with E-state index in [1.54, 1.807) is 0 Å². The SMILES string of the molecule is C[C@@H]1CN(C(=O)c2ccccc2)C[C@@H]1N. The fourth-order valence-electron chi connectivity index (χ4n) is 1.92. The number of rotatable bonds is 1. The number of nitrogens with zero attached hydrogens (tertiary/aromatic N) is 1. The van der Waals surface area contributed by atoms with Crippen LogP contribution in [0.25, 0.3) is 0 Å². The van der Waals surface area contributed by atoms with Crippen LogP contribution in [0.5, 0.6) is 0 Å². The van der Waals surface area contributed by atoms with Gasteiger partial charge in [0.1, 0.15) is 0 Å². The van der Waals surface area contributed by atoms with E-state index in [0.29, 0.717) is 12.5 Å². The molecule has 2 N–H and O–H groups in total. The number of carbonyl (C=O) groups is 1. The average molecular weight is 204 g/mol. The zero-order valence-electron chi connectivity index (χ0n) is 8.89. The smallest absolute Gasteiger partial charge is 0.253 e. The van der Waals surface area contributed by atoms with Gasteiger partial charge < -0.3 is 10.6 Å². The number of likely N-dealkylation sites (tertiary alicyclic amines) is 1. The van der Waals surface area contributed by atoms with Crippen LogP contribution in [0, 0.1) is 5.92 Å². The third-order valence-electron chi connectivity index (χ3n) is 2.98. The summed E-state index contributed by atoms with van der Waals surface area (Å²) in [5.41, 5.74) is 6.64. The van der Waals surface area contributed by atoms with Crippen molar-refractivity contribution in [2.24, 2.45) is 11.7 Å². The van der Waals surface area contributed by atoms with Crippen molar-refractivity contribution in [1.82, 2.24) is 4.90 Å². The lowest BCUT2D eigenvalue weighted by Crippen LogP contribution is -2.32. The molecule has 0 unspecified atom stereocenters. The maximum atomic E-state index is 12.0. The minimum atomic E-state index is 0.0930. The average Bonchev–Trinajstić information content (AvgIpc) is 2.59. The molecule has 80 valence electrons. The first-order chi connectivity index (χ1) is 7.18. The van der Waals surface area contributed by atoms with Crippen LogP contribution in [0.1, 0.15) is 17.3 Å². The molecule has 3 heteroatoms. The monoisotopic (exact) mass is 204 g/mol. The molecule has 0 aliphatic carbocycles. The molecule has 2 atom stereocenters. The highest BCUT2D eigenvalue weighted by Gasteiger charge is 2.30. The van der Waals surface area contributed by atoms with Gasteiger partial charge in [0.05, 0.1) is 0 Å². The van der Waals surface area contributed by atoms with Crippen molar-refractivity contribution in [3.8, 4) is 0 Å². The summed E-state index contributed by atoms with van der Waals surface area (Å²) in [4.78, 5) is 13.8. The molecule has 1 aliphatic rings. The van der Waals surface area contributed by atoms with Crippen LogP contribution < -0.4 is 5.73 Å². The third kappa shape index (κ3) is 2.02. The molecule has 0 spiro atoms. The molecule has 1 aromatic carbocycles. The number of amides is 1. The van der Waals surface area contributed by atoms with Crippen LogP contribution in [0.3, 0.4) is 0 Å². The molecule has 0 radical (unpaired) electrons. The van der Waals surface area contributed by atoms with Gasteiger partial charge in [-0.3, -0.25) is 4.79 Å². The highest BCUT2D eigenvalue weighted by Crippen LogP contribution is 2.17. The van der Waals surface area contributed by atoms with Crippen LogP contribution in [0.15, 0.2) is 30.3 Å². The highest BCUT2D eigenvalue weighted by atomic mass is 16.2. The number of nitrogens with two attached hydrogens (primary N) is 1. The Balaban J connectivity index is 2.10. The van der Waals surface area contributed by atoms with E-state index in [4.69, 9.17) is 5.73 Å². The molecule has 0 aromatic heterocycles. The molecule has 1 amide bonds. The Morgan fingerprint density at radius 3 is 2.53 bits per heavy atom. The van der Waals surface area contributed by atoms with E-state index in [9.17, 15) is 4.79 Å². The van der Waals surface area contributed by atoms with Crippen molar-refractivity contribution in [3.63, 3.8) is 0 Å². The van der Waals surface area contributed by atoms with E-state index in [0.717, 1.165) is 12.1 Å². The number of hydrogen-bond donors (Lipinski definition) is 1. The Labute approximate surface area is 89.9 Å². The summed E-state index contributed by atoms with van der Waals surface area (Å²) in [5.74, 6) is 0.494. The van der Waals surface area contributed by atoms with E-state index < -0.39 is 0 Å². The highest BCUT2D eigenvalue weighted by molar-refractivity contribution is 5.94. The van der Waals surface area contributed by atoms with Gasteiger partial charge in [0.25, 0.3) is 5.91 Å². The van der Waals surface area contributed by atoms with Crippen LogP contribution in [0.2, 0.25) is 0 Å². The van der Waals surface area contributed by atoms with Crippen LogP contribution in [0.4, 0.5) is 0 Å². The standard InChI is InChI=1S/C12H16N2O/c1-9-7-14(8-11(9)13)12(15)10-5-3-2-4-6-10/h2-6,9,11H,7-8,13H2,1H3/t9-,11+/m1/s1. The number of carbonyl (C=O) groups excluding carboxylic acids is 1. The molecule has 1 aromatic rings. The first-order valence-electron chi connectivity index (χ1n) is 5.28. The maximum absolute atomic E-state index is 12.0. The van der Waals surface area contributed by atoms with Gasteiger partial charge in [-0.05, 0) is 18.1 Å². The van der Waals surface area contributed by atoms with E-state index in [1.807, 2.05) is 35.2 Å². The topological polar surface area (TPSA) is 46.3 Å². The summed E-state index contributed by atoms with van der Waals surface area (Å²) in [6.07, 6.45) is 0. The lowest BCUT2D eigenvalue weighted by molar-refractivity contribution is 0.0787. The molecule has 3 nitrogen and oxygen atoms in total. The minimum Gasteiger partial charge on any atom is -0.337 e. The van der Waals surface area contributed by atoms with Gasteiger partial charge in [-0.2, -0.15) is 0 Å². The summed E-state index contributed by atoms with van der Waals surface area (Å²) in [6.45, 7) is 3.53. The summed E-state index contributed by atoms with van der Waals surface area (Å²) in [7, 11) is 0. The van der Waals surface area contributed by atoms with Crippen molar-refractivity contribution < 1.29 is 4.79 Å². The Morgan fingerprint density at radius 1 is 1.33 bits per heavy atom. The Bertz CT molecular complexity index is 340. The van der Waals surface area contributed by atoms with Gasteiger partial charge in [-0.15, -0.1) is 0 Å². The second kappa shape index (κ2) is 4.03. The molecular formula is C12H16N2O. The van der Waals surface area contributed by atoms with Crippen molar-refractivity contribution in [2.45, 2.75) is 13.0 Å². The van der Waals surface area contributed by atoms with Crippen LogP contribution in [-0.2, 0) is 0 Å². The first kappa shape index (κ1) is 10.2. The molecule has 1 fully saturated rings. The van der Waals surface area contributed by atoms with Gasteiger partial charge >= 0.3 is 0 Å². The summed E-state index contributed by atoms with van der Waals surface area (Å²) in [6, 6.07) is 9.49. The van der Waals surface area contributed by atoms with Gasteiger partial charge in [-0.1, -0.05) is 25.1 Å². The largest absolute Gasteiger partial charge is 0.337 e. The number of benzene rings is 1. The molecule has 0 bridgehead atoms. The summed E-state index contributed by atoms with van der Waals surface area (Å²) in [5, 5.41) is 0. The van der Waals surface area contributed by atoms with Crippen molar-refractivity contribution in [3.05, 3.63) is 35.9 Å². The van der Waals surface area contributed by atoms with Gasteiger partial charge in [0, 0.05) is 24.7 Å². The molecule has 1 aliphatic heterocycles. The van der Waals surface area contributed by atoms with Crippen molar-refractivity contribution in [2.75, 3.05) is 13.1 Å². The summed E-state index contributed by atoms with van der Waals surface area (Å²) >= 11 is 0. The minimum absolute atomic E-state index is 0.0930. The number of hydrogen-bond acceptors (Lipinski definition) is 2. The Kier molecular flexibility index (Phi) is 2.73. The molecular weight excluding hydrogens is 188 g/mol. The second-order valence-electron chi connectivity index (χ2n) is 4.22. The molecule has 15 heavy (non-hydrogen) atoms. The predicted octanol–water partition coefficient (Wildman–Crippen LogP) is 1.11. The quantitative estimate of drug-likeness (QED) is 0.744. The van der Waals surface area contributed by atoms with E-state index in [1.165, 1.54) is 0 Å². The van der Waals surface area contributed by atoms with Gasteiger partial charge in [0.2, 0.25) is 0 Å². The van der Waals surface area contributed by atoms with E-state index >= 15 is 0 Å². The van der Waals surface area contributed by atoms with Crippen LogP contribution in [-0.4, -0.2) is 29.9 Å². The summed E-state index contributed by atoms with van der Waals surface area (Å²) < 4.78 is 0. The molecule has 2 rings (SSSR count). The maximum Gasteiger partial charge on any atom is 0.253 e. The lowest BCUT2D eigenvalue weighted by atomic mass is 10.1. The van der Waals surface area contributed by atoms with E-state index in [2.05, 4.69) is 6.92 Å². The second-order valence-corrected chi connectivity index (χ2v) is 4.22. The molecule has 0 saturated carbocycles. The third-order valence-corrected chi connectivity index (χ3v) is 2.98. The van der Waals surface area contributed by atoms with Crippen LogP contribution >= 0.6 is 0 Å². The fraction of sp³-hybridized carbons (Fsp3) is 0.417. The molecule has 1 heterocycles. The van der Waals surface area contributed by atoms with E-state index in [-0.39, 0.29) is 11.9 Å². The fourth-order valence-corrected chi connectivity index (χ4v) is 1.92. The normalized spacial score (nSPS) is 25.6. The van der Waals surface area contributed by atoms with Gasteiger partial charge in [-0.25, -0.2) is 0 Å². The lowest BCUT2D eigenvalue weighted by Gasteiger charge is -2.15. The van der Waals surface area contributed by atoms with Gasteiger partial charge in [0.15, 0.2) is 0 Å². The predicted molar refractivity (Wildman–Crippen MR) is 59.5 cm³/mol.